The molecule has 0 spiro atoms. The molecule has 2 aromatic carbocycles. The maximum Gasteiger partial charge on any atom is 0.238 e. The Morgan fingerprint density at radius 3 is 2.46 bits per heavy atom. The standard InChI is InChI=1S/C20H22N2O5S/c1-13(28(25,26)16-9-7-15(8-10-16)21-14(2)23)20(24)22-18-11-12-27-19-6-4-3-5-17(18)19/h3-10,13,18H,11-12H2,1-2H3,(H,21,23)(H,22,24)/t13-,18-/m1/s1. The topological polar surface area (TPSA) is 102 Å². The summed E-state index contributed by atoms with van der Waals surface area (Å²) in [7, 11) is -3.87. The highest BCUT2D eigenvalue weighted by Crippen LogP contribution is 2.31. The van der Waals surface area contributed by atoms with Crippen LogP contribution in [0.3, 0.4) is 0 Å². The van der Waals surface area contributed by atoms with E-state index >= 15 is 0 Å². The molecule has 0 radical (unpaired) electrons. The SMILES string of the molecule is CC(=O)Nc1ccc(S(=O)(=O)[C@H](C)C(=O)N[C@@H]2CCOc3ccccc32)cc1. The third-order valence-electron chi connectivity index (χ3n) is 4.61. The summed E-state index contributed by atoms with van der Waals surface area (Å²) in [6.45, 7) is 3.19. The number of nitrogens with one attached hydrogen (secondary N) is 2. The first-order valence-corrected chi connectivity index (χ1v) is 10.5. The molecule has 0 unspecified atom stereocenters. The van der Waals surface area contributed by atoms with Crippen molar-refractivity contribution in [2.24, 2.45) is 0 Å². The largest absolute Gasteiger partial charge is 0.493 e. The van der Waals surface area contributed by atoms with Gasteiger partial charge in [0.15, 0.2) is 9.84 Å². The number of hydrogen-bond donors (Lipinski definition) is 2. The van der Waals surface area contributed by atoms with Crippen LogP contribution in [0.2, 0.25) is 0 Å². The fraction of sp³-hybridized carbons (Fsp3) is 0.300. The summed E-state index contributed by atoms with van der Waals surface area (Å²) in [4.78, 5) is 23.8. The summed E-state index contributed by atoms with van der Waals surface area (Å²) in [5.41, 5.74) is 1.33. The van der Waals surface area contributed by atoms with Crippen LogP contribution in [0.15, 0.2) is 53.4 Å². The summed E-state index contributed by atoms with van der Waals surface area (Å²) in [5.74, 6) is -0.115. The van der Waals surface area contributed by atoms with E-state index in [0.717, 1.165) is 5.56 Å². The van der Waals surface area contributed by atoms with Gasteiger partial charge in [0.2, 0.25) is 11.8 Å². The quantitative estimate of drug-likeness (QED) is 0.800. The molecule has 1 aliphatic heterocycles. The van der Waals surface area contributed by atoms with E-state index in [1.165, 1.54) is 38.1 Å². The molecule has 148 valence electrons. The van der Waals surface area contributed by atoms with Crippen molar-refractivity contribution in [3.8, 4) is 5.75 Å². The predicted octanol–water partition coefficient (Wildman–Crippen LogP) is 2.45. The molecule has 0 aromatic heterocycles. The van der Waals surface area contributed by atoms with E-state index in [4.69, 9.17) is 4.74 Å². The number of sulfone groups is 1. The number of rotatable bonds is 5. The monoisotopic (exact) mass is 402 g/mol. The molecule has 2 aromatic rings. The number of carbonyl (C=O) groups excluding carboxylic acids is 2. The second-order valence-corrected chi connectivity index (χ2v) is 8.90. The molecular weight excluding hydrogens is 380 g/mol. The number of para-hydroxylation sites is 1. The number of ether oxygens (including phenoxy) is 1. The molecule has 3 rings (SSSR count). The lowest BCUT2D eigenvalue weighted by Gasteiger charge is -2.27. The second kappa shape index (κ2) is 8.02. The summed E-state index contributed by atoms with van der Waals surface area (Å²) in [6, 6.07) is 12.8. The van der Waals surface area contributed by atoms with E-state index in [1.54, 1.807) is 0 Å². The molecule has 0 aliphatic carbocycles. The molecule has 2 atom stereocenters. The average molecular weight is 402 g/mol. The predicted molar refractivity (Wildman–Crippen MR) is 105 cm³/mol. The fourth-order valence-electron chi connectivity index (χ4n) is 3.06. The smallest absolute Gasteiger partial charge is 0.238 e. The number of hydrogen-bond acceptors (Lipinski definition) is 5. The highest BCUT2D eigenvalue weighted by atomic mass is 32.2. The van der Waals surface area contributed by atoms with Crippen molar-refractivity contribution in [2.75, 3.05) is 11.9 Å². The first kappa shape index (κ1) is 19.9. The molecular formula is C20H22N2O5S. The van der Waals surface area contributed by atoms with Gasteiger partial charge in [0, 0.05) is 24.6 Å². The maximum absolute atomic E-state index is 12.8. The normalized spacial score (nSPS) is 17.0. The lowest BCUT2D eigenvalue weighted by atomic mass is 10.0. The van der Waals surface area contributed by atoms with E-state index in [2.05, 4.69) is 10.6 Å². The van der Waals surface area contributed by atoms with Gasteiger partial charge in [0.1, 0.15) is 11.0 Å². The van der Waals surface area contributed by atoms with Crippen LogP contribution in [-0.4, -0.2) is 32.1 Å². The third-order valence-corrected chi connectivity index (χ3v) is 6.69. The lowest BCUT2D eigenvalue weighted by molar-refractivity contribution is -0.121. The van der Waals surface area contributed by atoms with Crippen LogP contribution in [0.25, 0.3) is 0 Å². The van der Waals surface area contributed by atoms with E-state index < -0.39 is 21.0 Å². The number of fused-ring (bicyclic) bond motifs is 1. The summed E-state index contributed by atoms with van der Waals surface area (Å²) in [5, 5.41) is 4.15. The van der Waals surface area contributed by atoms with Crippen LogP contribution in [0.4, 0.5) is 5.69 Å². The van der Waals surface area contributed by atoms with Crippen LogP contribution in [0.5, 0.6) is 5.75 Å². The number of benzene rings is 2. The minimum Gasteiger partial charge on any atom is -0.493 e. The number of anilines is 1. The molecule has 0 saturated heterocycles. The zero-order chi connectivity index (χ0) is 20.3. The Bertz CT molecular complexity index is 986. The average Bonchev–Trinajstić information content (AvgIpc) is 2.67. The fourth-order valence-corrected chi connectivity index (χ4v) is 4.33. The molecule has 1 aliphatic rings. The Morgan fingerprint density at radius 2 is 1.79 bits per heavy atom. The van der Waals surface area contributed by atoms with Crippen molar-refractivity contribution in [1.29, 1.82) is 0 Å². The first-order chi connectivity index (χ1) is 13.3. The van der Waals surface area contributed by atoms with E-state index in [0.29, 0.717) is 24.5 Å². The zero-order valence-corrected chi connectivity index (χ0v) is 16.5. The van der Waals surface area contributed by atoms with Crippen LogP contribution in [0, 0.1) is 0 Å². The highest BCUT2D eigenvalue weighted by molar-refractivity contribution is 7.92. The number of amides is 2. The van der Waals surface area contributed by atoms with E-state index in [-0.39, 0.29) is 16.8 Å². The van der Waals surface area contributed by atoms with Gasteiger partial charge >= 0.3 is 0 Å². The second-order valence-electron chi connectivity index (χ2n) is 6.63. The Balaban J connectivity index is 1.74. The summed E-state index contributed by atoms with van der Waals surface area (Å²) >= 11 is 0. The molecule has 8 heteroatoms. The van der Waals surface area contributed by atoms with Crippen LogP contribution in [0.1, 0.15) is 31.9 Å². The van der Waals surface area contributed by atoms with Crippen molar-refractivity contribution < 1.29 is 22.7 Å². The molecule has 2 N–H and O–H groups in total. The van der Waals surface area contributed by atoms with E-state index in [1.807, 2.05) is 24.3 Å². The van der Waals surface area contributed by atoms with Gasteiger partial charge in [0.05, 0.1) is 17.5 Å². The van der Waals surface area contributed by atoms with Gasteiger partial charge in [-0.1, -0.05) is 18.2 Å². The molecule has 7 nitrogen and oxygen atoms in total. The van der Waals surface area contributed by atoms with Crippen molar-refractivity contribution >= 4 is 27.3 Å². The number of carbonyl (C=O) groups is 2. The molecule has 0 fully saturated rings. The van der Waals surface area contributed by atoms with Gasteiger partial charge in [-0.2, -0.15) is 0 Å². The van der Waals surface area contributed by atoms with Crippen LogP contribution < -0.4 is 15.4 Å². The Hall–Kier alpha value is -2.87. The molecule has 0 bridgehead atoms. The molecule has 28 heavy (non-hydrogen) atoms. The van der Waals surface area contributed by atoms with Crippen molar-refractivity contribution in [3.05, 3.63) is 54.1 Å². The Labute approximate surface area is 164 Å². The van der Waals surface area contributed by atoms with Crippen LogP contribution >= 0.6 is 0 Å². The zero-order valence-electron chi connectivity index (χ0n) is 15.6. The highest BCUT2D eigenvalue weighted by Gasteiger charge is 2.32. The maximum atomic E-state index is 12.8. The van der Waals surface area contributed by atoms with Gasteiger partial charge in [-0.05, 0) is 37.3 Å². The van der Waals surface area contributed by atoms with Crippen LogP contribution in [-0.2, 0) is 19.4 Å². The van der Waals surface area contributed by atoms with Crippen molar-refractivity contribution in [1.82, 2.24) is 5.32 Å². The van der Waals surface area contributed by atoms with Gasteiger partial charge in [-0.3, -0.25) is 9.59 Å². The van der Waals surface area contributed by atoms with E-state index in [9.17, 15) is 18.0 Å². The lowest BCUT2D eigenvalue weighted by Crippen LogP contribution is -2.41. The molecule has 0 saturated carbocycles. The van der Waals surface area contributed by atoms with Gasteiger partial charge in [0.25, 0.3) is 0 Å². The minimum atomic E-state index is -3.87. The van der Waals surface area contributed by atoms with Gasteiger partial charge in [-0.15, -0.1) is 0 Å². The minimum absolute atomic E-state index is 0.0247. The summed E-state index contributed by atoms with van der Waals surface area (Å²) in [6.07, 6.45) is 0.570. The Kier molecular flexibility index (Phi) is 5.69. The summed E-state index contributed by atoms with van der Waals surface area (Å²) < 4.78 is 31.2. The van der Waals surface area contributed by atoms with Gasteiger partial charge < -0.3 is 15.4 Å². The van der Waals surface area contributed by atoms with Crippen molar-refractivity contribution in [2.45, 2.75) is 36.5 Å². The molecule has 2 amide bonds. The van der Waals surface area contributed by atoms with Crippen molar-refractivity contribution in [3.63, 3.8) is 0 Å². The Morgan fingerprint density at radius 1 is 1.11 bits per heavy atom. The first-order valence-electron chi connectivity index (χ1n) is 8.92. The van der Waals surface area contributed by atoms with Gasteiger partial charge in [-0.25, -0.2) is 8.42 Å². The molecule has 1 heterocycles. The third kappa shape index (κ3) is 4.17.